The van der Waals surface area contributed by atoms with Gasteiger partial charge in [-0.1, -0.05) is 50.6 Å². The molecular formula is C56H82ClN3O14S. The van der Waals surface area contributed by atoms with Crippen LogP contribution in [0, 0.1) is 17.8 Å². The highest BCUT2D eigenvalue weighted by Gasteiger charge is 2.53. The van der Waals surface area contributed by atoms with Crippen LogP contribution in [0.5, 0.6) is 11.5 Å². The van der Waals surface area contributed by atoms with Crippen molar-refractivity contribution in [1.82, 2.24) is 15.5 Å². The van der Waals surface area contributed by atoms with E-state index in [0.29, 0.717) is 47.3 Å². The van der Waals surface area contributed by atoms with Crippen LogP contribution < -0.4 is 15.4 Å². The van der Waals surface area contributed by atoms with Crippen LogP contribution in [0.2, 0.25) is 5.02 Å². The Hall–Kier alpha value is -3.31. The minimum absolute atomic E-state index is 0.0894. The van der Waals surface area contributed by atoms with Crippen LogP contribution in [0.25, 0.3) is 21.6 Å². The number of nitrogens with one attached hydrogen (secondary N) is 2. The molecule has 7 N–H and O–H groups in total. The number of rotatable bonds is 12. The number of fused-ring (bicyclic) bond motifs is 5. The van der Waals surface area contributed by atoms with Crippen molar-refractivity contribution >= 4 is 34.8 Å². The number of nitrogens with zero attached hydrogens (tertiary/aromatic N) is 1. The number of esters is 1. The fraction of sp³-hybridized carbons (Fsp3) is 0.679. The number of benzene rings is 2. The number of halogens is 1. The molecule has 3 saturated heterocycles. The van der Waals surface area contributed by atoms with Gasteiger partial charge in [0.25, 0.3) is 5.91 Å². The molecule has 3 fully saturated rings. The lowest BCUT2D eigenvalue weighted by Crippen LogP contribution is -2.60. The third-order valence-electron chi connectivity index (χ3n) is 16.2. The summed E-state index contributed by atoms with van der Waals surface area (Å²) in [6.07, 6.45) is -8.87. The number of ether oxygens (including phenoxy) is 7. The van der Waals surface area contributed by atoms with Gasteiger partial charge in [0.1, 0.15) is 41.5 Å². The van der Waals surface area contributed by atoms with Gasteiger partial charge in [0.05, 0.1) is 46.4 Å². The molecule has 4 aliphatic heterocycles. The smallest absolute Gasteiger partial charge is 0.311 e. The molecule has 17 nitrogen and oxygen atoms in total. The predicted molar refractivity (Wildman–Crippen MR) is 286 cm³/mol. The van der Waals surface area contributed by atoms with Crippen LogP contribution in [0.3, 0.4) is 0 Å². The molecule has 19 heteroatoms. The van der Waals surface area contributed by atoms with Gasteiger partial charge < -0.3 is 69.3 Å². The minimum Gasteiger partial charge on any atom is -0.459 e. The van der Waals surface area contributed by atoms with Crippen molar-refractivity contribution in [2.75, 3.05) is 33.8 Å². The van der Waals surface area contributed by atoms with Gasteiger partial charge in [0.15, 0.2) is 12.6 Å². The van der Waals surface area contributed by atoms with Crippen molar-refractivity contribution < 1.29 is 68.3 Å². The Morgan fingerprint density at radius 3 is 2.32 bits per heavy atom. The molecule has 75 heavy (non-hydrogen) atoms. The monoisotopic (exact) mass is 1090 g/mol. The first kappa shape index (κ1) is 59.4. The number of methoxy groups -OCH3 is 1. The zero-order chi connectivity index (χ0) is 54.9. The number of carbonyl (C=O) groups excluding carboxylic acids is 2. The SMILES string of the molecule is CC[C@H]1OC(=O)[C@H](C)[C@@H](O[C@H]2C[C@@](C)(OC)[C@@H](O)[C@H](C)O2)[C@H](C)[C@@H](O[C@@H]2O[C@H](C)C[C@H](NC)[C@H]2O)[C@](C)(O)C[C@@H](C)CN(CCCNC(=O)c2cc3c(s2)-c2cc(Cl)ccc2Oc2ccccc2-3)[C@H](C)[C@@H](O)[C@]1(C)O. The first-order valence-electron chi connectivity index (χ1n) is 26.6. The fourth-order valence-corrected chi connectivity index (χ4v) is 13.1. The number of carbonyl (C=O) groups is 2. The van der Waals surface area contributed by atoms with E-state index in [1.807, 2.05) is 61.2 Å². The Bertz CT molecular complexity index is 2420. The van der Waals surface area contributed by atoms with Gasteiger partial charge in [-0.15, -0.1) is 11.3 Å². The highest BCUT2D eigenvalue weighted by molar-refractivity contribution is 7.18. The Morgan fingerprint density at radius 2 is 1.63 bits per heavy atom. The number of para-hydroxylation sites is 1. The number of cyclic esters (lactones) is 1. The molecule has 0 aliphatic carbocycles. The molecule has 4 aliphatic rings. The summed E-state index contributed by atoms with van der Waals surface area (Å²) in [5.41, 5.74) is -2.19. The second kappa shape index (κ2) is 24.4. The van der Waals surface area contributed by atoms with Crippen molar-refractivity contribution in [2.45, 2.75) is 192 Å². The molecule has 0 spiro atoms. The molecule has 0 radical (unpaired) electrons. The third kappa shape index (κ3) is 12.9. The van der Waals surface area contributed by atoms with E-state index < -0.39 is 96.0 Å². The minimum atomic E-state index is -1.95. The van der Waals surface area contributed by atoms with Crippen molar-refractivity contribution in [2.24, 2.45) is 17.8 Å². The van der Waals surface area contributed by atoms with Crippen LogP contribution in [0.15, 0.2) is 48.5 Å². The number of thiophene rings is 1. The molecular weight excluding hydrogens is 1010 g/mol. The van der Waals surface area contributed by atoms with Crippen LogP contribution in [0.1, 0.15) is 111 Å². The first-order valence-corrected chi connectivity index (χ1v) is 27.8. The molecule has 2 aromatic carbocycles. The van der Waals surface area contributed by atoms with E-state index in [2.05, 4.69) is 10.6 Å². The summed E-state index contributed by atoms with van der Waals surface area (Å²) in [5.74, 6) is -1.90. The van der Waals surface area contributed by atoms with Gasteiger partial charge in [-0.05, 0) is 117 Å². The van der Waals surface area contributed by atoms with Gasteiger partial charge >= 0.3 is 5.97 Å². The zero-order valence-corrected chi connectivity index (χ0v) is 47.2. The van der Waals surface area contributed by atoms with E-state index in [1.54, 1.807) is 61.6 Å². The van der Waals surface area contributed by atoms with Crippen LogP contribution >= 0.6 is 22.9 Å². The predicted octanol–water partition coefficient (Wildman–Crippen LogP) is 6.90. The molecule has 0 bridgehead atoms. The van der Waals surface area contributed by atoms with Crippen LogP contribution in [-0.4, -0.2) is 166 Å². The molecule has 1 aromatic heterocycles. The van der Waals surface area contributed by atoms with Crippen LogP contribution in [-0.2, 0) is 33.2 Å². The first-order chi connectivity index (χ1) is 35.3. The third-order valence-corrected chi connectivity index (χ3v) is 17.6. The molecule has 18 atom stereocenters. The van der Waals surface area contributed by atoms with Crippen molar-refractivity contribution in [3.8, 4) is 33.1 Å². The van der Waals surface area contributed by atoms with Crippen molar-refractivity contribution in [3.63, 3.8) is 0 Å². The highest BCUT2D eigenvalue weighted by atomic mass is 35.5. The summed E-state index contributed by atoms with van der Waals surface area (Å²) in [6.45, 7) is 18.4. The molecule has 0 unspecified atom stereocenters. The summed E-state index contributed by atoms with van der Waals surface area (Å²) in [4.78, 5) is 32.0. The topological polar surface area (TPSA) is 227 Å². The lowest BCUT2D eigenvalue weighted by molar-refractivity contribution is -0.316. The van der Waals surface area contributed by atoms with Gasteiger partial charge in [0.2, 0.25) is 0 Å². The summed E-state index contributed by atoms with van der Waals surface area (Å²) < 4.78 is 44.4. The average Bonchev–Trinajstić information content (AvgIpc) is 3.77. The van der Waals surface area contributed by atoms with Gasteiger partial charge in [-0.2, -0.15) is 0 Å². The lowest BCUT2D eigenvalue weighted by atomic mass is 9.77. The number of hydrogen-bond acceptors (Lipinski definition) is 17. The Morgan fingerprint density at radius 1 is 0.920 bits per heavy atom. The number of hydrogen-bond donors (Lipinski definition) is 7. The average molecular weight is 1090 g/mol. The molecule has 7 rings (SSSR count). The number of aliphatic hydroxyl groups is 5. The summed E-state index contributed by atoms with van der Waals surface area (Å²) in [5, 5.41) is 67.0. The lowest BCUT2D eigenvalue weighted by Gasteiger charge is -2.48. The molecule has 418 valence electrons. The summed E-state index contributed by atoms with van der Waals surface area (Å²) in [6, 6.07) is 13.9. The Balaban J connectivity index is 1.17. The van der Waals surface area contributed by atoms with E-state index in [1.165, 1.54) is 25.4 Å². The van der Waals surface area contributed by atoms with E-state index in [9.17, 15) is 35.1 Å². The normalized spacial score (nSPS) is 38.1. The second-order valence-corrected chi connectivity index (χ2v) is 23.8. The maximum atomic E-state index is 14.6. The van der Waals surface area contributed by atoms with E-state index >= 15 is 0 Å². The molecule has 5 heterocycles. The Labute approximate surface area is 451 Å². The van der Waals surface area contributed by atoms with Gasteiger partial charge in [-0.3, -0.25) is 14.5 Å². The van der Waals surface area contributed by atoms with Gasteiger partial charge in [-0.25, -0.2) is 0 Å². The highest BCUT2D eigenvalue weighted by Crippen LogP contribution is 2.51. The van der Waals surface area contributed by atoms with Gasteiger partial charge in [0, 0.05) is 77.8 Å². The fourth-order valence-electron chi connectivity index (χ4n) is 11.8. The molecule has 0 saturated carbocycles. The summed E-state index contributed by atoms with van der Waals surface area (Å²) >= 11 is 7.82. The number of amides is 1. The van der Waals surface area contributed by atoms with E-state index in [0.717, 1.165) is 21.6 Å². The number of likely N-dealkylation sites (N-methyl/N-ethyl adjacent to an activating group) is 1. The Kier molecular flexibility index (Phi) is 19.3. The standard InChI is InChI=1S/C56H82ClN3O14S/c1-13-43-56(10,67)48(62)33(6)60(22-16-21-59-51(64)42-25-37-36-17-14-15-18-40(36)71-41-20-19-35(57)24-38(41)47(37)75-42)28-29(2)26-54(8,66)50(74-53-45(61)39(58-11)23-30(3)69-53)31(4)46(32(5)52(65)72-43)73-44-27-55(9,68-12)49(63)34(7)70-44/h14-15,17-20,24-25,29-34,39,43-46,48-50,53,58,61-63,66-67H,13,16,21-23,26-28H2,1-12H3,(H,59,64)/t29-,30-,31+,32-,33-,34+,39+,43-,44+,45-,46+,48-,49+,50-,53+,54-,55-,56-/m1/s1. The molecule has 3 aromatic rings. The maximum absolute atomic E-state index is 14.6. The van der Waals surface area contributed by atoms with E-state index in [-0.39, 0.29) is 49.8 Å². The van der Waals surface area contributed by atoms with Crippen molar-refractivity contribution in [1.29, 1.82) is 0 Å². The largest absolute Gasteiger partial charge is 0.459 e. The van der Waals surface area contributed by atoms with E-state index in [4.69, 9.17) is 44.8 Å². The summed E-state index contributed by atoms with van der Waals surface area (Å²) in [7, 11) is 3.25. The zero-order valence-electron chi connectivity index (χ0n) is 45.6. The maximum Gasteiger partial charge on any atom is 0.311 e. The van der Waals surface area contributed by atoms with Crippen molar-refractivity contribution in [3.05, 3.63) is 58.4 Å². The quantitative estimate of drug-likeness (QED) is 0.0566. The number of aliphatic hydroxyl groups excluding tert-OH is 3. The van der Waals surface area contributed by atoms with Crippen LogP contribution in [0.4, 0.5) is 0 Å². The second-order valence-electron chi connectivity index (χ2n) is 22.3. The molecule has 1 amide bonds.